The minimum Gasteiger partial charge on any atom is -0.481 e. The van der Waals surface area contributed by atoms with Crippen LogP contribution in [0.5, 0.6) is 0 Å². The summed E-state index contributed by atoms with van der Waals surface area (Å²) in [6.07, 6.45) is 0.333. The first-order valence-corrected chi connectivity index (χ1v) is 6.26. The molecule has 0 bridgehead atoms. The predicted molar refractivity (Wildman–Crippen MR) is 72.1 cm³/mol. The number of carboxylic acid groups (broad SMARTS) is 1. The Bertz CT molecular complexity index is 430. The molecule has 0 aliphatic carbocycles. The Morgan fingerprint density at radius 3 is 2.45 bits per heavy atom. The van der Waals surface area contributed by atoms with Crippen LogP contribution >= 0.6 is 0 Å². The molecular weight excluding hydrogens is 262 g/mol. The minimum absolute atomic E-state index is 0.0240. The second-order valence-corrected chi connectivity index (χ2v) is 4.21. The zero-order chi connectivity index (χ0) is 14.8. The summed E-state index contributed by atoms with van der Waals surface area (Å²) in [5.41, 5.74) is 1.73. The molecule has 0 amide bonds. The maximum Gasteiger partial charge on any atom is 0.307 e. The van der Waals surface area contributed by atoms with Crippen LogP contribution in [0, 0.1) is 0 Å². The number of rotatable bonds is 9. The molecule has 0 aliphatic heterocycles. The number of hydrogen-bond acceptors (Lipinski definition) is 5. The molecule has 1 aromatic carbocycles. The average Bonchev–Trinajstić information content (AvgIpc) is 2.43. The number of esters is 1. The lowest BCUT2D eigenvalue weighted by atomic mass is 10.1. The topological polar surface area (TPSA) is 84.9 Å². The van der Waals surface area contributed by atoms with Gasteiger partial charge in [0, 0.05) is 6.54 Å². The molecule has 0 unspecified atom stereocenters. The van der Waals surface area contributed by atoms with Crippen molar-refractivity contribution in [3.05, 3.63) is 35.4 Å². The molecule has 1 aromatic rings. The lowest BCUT2D eigenvalue weighted by Crippen LogP contribution is -2.21. The van der Waals surface area contributed by atoms with Crippen LogP contribution in [0.1, 0.15) is 17.5 Å². The number of methoxy groups -OCH3 is 1. The van der Waals surface area contributed by atoms with Crippen LogP contribution in [0.15, 0.2) is 24.3 Å². The molecule has 0 aliphatic rings. The molecule has 0 atom stereocenters. The fourth-order valence-corrected chi connectivity index (χ4v) is 1.53. The average molecular weight is 281 g/mol. The van der Waals surface area contributed by atoms with Crippen molar-refractivity contribution in [2.75, 3.05) is 20.4 Å². The Balaban J connectivity index is 2.16. The molecule has 6 heteroatoms. The second-order valence-electron chi connectivity index (χ2n) is 4.21. The van der Waals surface area contributed by atoms with Crippen LogP contribution in [-0.4, -0.2) is 37.4 Å². The molecule has 0 fully saturated rings. The van der Waals surface area contributed by atoms with Crippen molar-refractivity contribution in [3.8, 4) is 0 Å². The molecule has 1 rings (SSSR count). The van der Waals surface area contributed by atoms with Crippen molar-refractivity contribution in [2.24, 2.45) is 0 Å². The lowest BCUT2D eigenvalue weighted by molar-refractivity contribution is -0.140. The molecule has 6 nitrogen and oxygen atoms in total. The van der Waals surface area contributed by atoms with Crippen LogP contribution in [0.4, 0.5) is 0 Å². The molecule has 0 radical (unpaired) electrons. The van der Waals surface area contributed by atoms with Gasteiger partial charge in [-0.1, -0.05) is 24.3 Å². The van der Waals surface area contributed by atoms with Gasteiger partial charge < -0.3 is 14.6 Å². The second kappa shape index (κ2) is 9.06. The number of aliphatic carboxylic acids is 1. The largest absolute Gasteiger partial charge is 0.481 e. The molecule has 0 aromatic heterocycles. The van der Waals surface area contributed by atoms with E-state index in [0.717, 1.165) is 11.1 Å². The van der Waals surface area contributed by atoms with Crippen LogP contribution in [0.3, 0.4) is 0 Å². The summed E-state index contributed by atoms with van der Waals surface area (Å²) >= 11 is 0. The molecule has 2 N–H and O–H groups in total. The monoisotopic (exact) mass is 281 g/mol. The number of ether oxygens (including phenoxy) is 2. The van der Waals surface area contributed by atoms with Crippen molar-refractivity contribution in [2.45, 2.75) is 19.4 Å². The summed E-state index contributed by atoms with van der Waals surface area (Å²) in [7, 11) is 1.35. The van der Waals surface area contributed by atoms with Gasteiger partial charge in [0.2, 0.25) is 0 Å². The molecule has 0 spiro atoms. The number of carbonyl (C=O) groups is 2. The number of nitrogens with one attached hydrogen (secondary N) is 1. The molecular formula is C14H19NO5. The van der Waals surface area contributed by atoms with E-state index in [4.69, 9.17) is 9.84 Å². The van der Waals surface area contributed by atoms with Gasteiger partial charge >= 0.3 is 11.9 Å². The van der Waals surface area contributed by atoms with Crippen LogP contribution < -0.4 is 5.32 Å². The Morgan fingerprint density at radius 1 is 1.20 bits per heavy atom. The normalized spacial score (nSPS) is 10.2. The Kier molecular flexibility index (Phi) is 7.31. The van der Waals surface area contributed by atoms with E-state index < -0.39 is 5.97 Å². The zero-order valence-electron chi connectivity index (χ0n) is 11.4. The fourth-order valence-electron chi connectivity index (χ4n) is 1.53. The van der Waals surface area contributed by atoms with Crippen LogP contribution in [-0.2, 0) is 32.1 Å². The van der Waals surface area contributed by atoms with Gasteiger partial charge in [-0.25, -0.2) is 0 Å². The minimum atomic E-state index is -0.844. The highest BCUT2D eigenvalue weighted by molar-refractivity contribution is 5.70. The van der Waals surface area contributed by atoms with E-state index in [9.17, 15) is 9.59 Å². The molecule has 110 valence electrons. The summed E-state index contributed by atoms with van der Waals surface area (Å²) < 4.78 is 9.88. The molecule has 0 saturated carbocycles. The predicted octanol–water partition coefficient (Wildman–Crippen LogP) is 0.940. The van der Waals surface area contributed by atoms with Gasteiger partial charge in [0.05, 0.1) is 33.3 Å². The maximum atomic E-state index is 10.8. The first kappa shape index (κ1) is 16.1. The number of carboxylic acids is 1. The van der Waals surface area contributed by atoms with Crippen molar-refractivity contribution < 1.29 is 24.2 Å². The smallest absolute Gasteiger partial charge is 0.307 e. The summed E-state index contributed by atoms with van der Waals surface area (Å²) in [5.74, 6) is -1.10. The summed E-state index contributed by atoms with van der Waals surface area (Å²) in [6, 6.07) is 7.23. The summed E-state index contributed by atoms with van der Waals surface area (Å²) in [6.45, 7) is 1.27. The van der Waals surface area contributed by atoms with E-state index >= 15 is 0 Å². The van der Waals surface area contributed by atoms with E-state index in [-0.39, 0.29) is 12.4 Å². The maximum absolute atomic E-state index is 10.8. The van der Waals surface area contributed by atoms with Gasteiger partial charge in [0.15, 0.2) is 0 Å². The third-order valence-corrected chi connectivity index (χ3v) is 2.58. The molecule has 0 saturated heterocycles. The first-order chi connectivity index (χ1) is 9.61. The quantitative estimate of drug-likeness (QED) is 0.398. The van der Waals surface area contributed by atoms with E-state index in [1.807, 2.05) is 12.1 Å². The SMILES string of the molecule is COC(=O)CCNCOCc1ccc(CC(=O)O)cc1. The van der Waals surface area contributed by atoms with Gasteiger partial charge in [-0.2, -0.15) is 0 Å². The van der Waals surface area contributed by atoms with E-state index in [1.54, 1.807) is 12.1 Å². The Hall–Kier alpha value is -1.92. The van der Waals surface area contributed by atoms with Gasteiger partial charge in [-0.05, 0) is 11.1 Å². The third-order valence-electron chi connectivity index (χ3n) is 2.58. The van der Waals surface area contributed by atoms with Gasteiger partial charge in [0.25, 0.3) is 0 Å². The Labute approximate surface area is 117 Å². The fraction of sp³-hybridized carbons (Fsp3) is 0.429. The van der Waals surface area contributed by atoms with Gasteiger partial charge in [-0.15, -0.1) is 0 Å². The summed E-state index contributed by atoms with van der Waals surface area (Å²) in [4.78, 5) is 21.4. The van der Waals surface area contributed by atoms with E-state index in [2.05, 4.69) is 10.1 Å². The van der Waals surface area contributed by atoms with Gasteiger partial charge in [0.1, 0.15) is 0 Å². The van der Waals surface area contributed by atoms with E-state index in [1.165, 1.54) is 7.11 Å². The Morgan fingerprint density at radius 2 is 1.85 bits per heavy atom. The standard InChI is InChI=1S/C14H19NO5/c1-19-14(18)6-7-15-10-20-9-12-4-2-11(3-5-12)8-13(16)17/h2-5,15H,6-10H2,1H3,(H,16,17). The zero-order valence-corrected chi connectivity index (χ0v) is 11.4. The highest BCUT2D eigenvalue weighted by atomic mass is 16.5. The van der Waals surface area contributed by atoms with Crippen molar-refractivity contribution >= 4 is 11.9 Å². The van der Waals surface area contributed by atoms with Crippen molar-refractivity contribution in [3.63, 3.8) is 0 Å². The summed E-state index contributed by atoms with van der Waals surface area (Å²) in [5, 5.41) is 11.6. The first-order valence-electron chi connectivity index (χ1n) is 6.26. The molecule has 0 heterocycles. The number of benzene rings is 1. The van der Waals surface area contributed by atoms with E-state index in [0.29, 0.717) is 26.3 Å². The third kappa shape index (κ3) is 6.86. The van der Waals surface area contributed by atoms with Crippen molar-refractivity contribution in [1.29, 1.82) is 0 Å². The van der Waals surface area contributed by atoms with Gasteiger partial charge in [-0.3, -0.25) is 14.9 Å². The number of carbonyl (C=O) groups excluding carboxylic acids is 1. The highest BCUT2D eigenvalue weighted by Gasteiger charge is 2.01. The highest BCUT2D eigenvalue weighted by Crippen LogP contribution is 2.06. The lowest BCUT2D eigenvalue weighted by Gasteiger charge is -2.06. The van der Waals surface area contributed by atoms with Crippen LogP contribution in [0.2, 0.25) is 0 Å². The molecule has 20 heavy (non-hydrogen) atoms. The van der Waals surface area contributed by atoms with Crippen LogP contribution in [0.25, 0.3) is 0 Å². The number of hydrogen-bond donors (Lipinski definition) is 2. The van der Waals surface area contributed by atoms with Crippen molar-refractivity contribution in [1.82, 2.24) is 5.32 Å².